The lowest BCUT2D eigenvalue weighted by molar-refractivity contribution is -0.150. The average molecular weight is 388 g/mol. The molecule has 1 aromatic carbocycles. The maximum atomic E-state index is 14.5. The van der Waals surface area contributed by atoms with Gasteiger partial charge in [-0.05, 0) is 37.3 Å². The molecule has 2 amide bonds. The van der Waals surface area contributed by atoms with E-state index in [9.17, 15) is 18.8 Å². The standard InChI is InChI=1S/C21H25FN2O4/c22-21(20(27)28)10-11-23(13-21)19(26)17-12-15-8-4-5-9-16(15)24(17)18(25)14-6-2-1-3-7-14/h1-3,6-7,15-17H,4-5,8-13H2,(H,27,28). The monoisotopic (exact) mass is 388 g/mol. The third-order valence-corrected chi connectivity index (χ3v) is 6.54. The molecular formula is C21H25FN2O4. The summed E-state index contributed by atoms with van der Waals surface area (Å²) < 4.78 is 14.5. The Kier molecular flexibility index (Phi) is 4.85. The van der Waals surface area contributed by atoms with Crippen molar-refractivity contribution in [3.05, 3.63) is 35.9 Å². The SMILES string of the molecule is O=C(C1CC2CCCCC2N1C(=O)c1ccccc1)N1CCC(F)(C(=O)O)C1. The van der Waals surface area contributed by atoms with Gasteiger partial charge in [-0.15, -0.1) is 0 Å². The summed E-state index contributed by atoms with van der Waals surface area (Å²) in [5.41, 5.74) is -1.85. The number of alkyl halides is 1. The molecule has 1 aliphatic carbocycles. The molecule has 0 spiro atoms. The van der Waals surface area contributed by atoms with Gasteiger partial charge in [0.05, 0.1) is 6.54 Å². The second-order valence-electron chi connectivity index (χ2n) is 8.22. The number of halogens is 1. The summed E-state index contributed by atoms with van der Waals surface area (Å²) in [5, 5.41) is 9.12. The lowest BCUT2D eigenvalue weighted by atomic mass is 9.84. The Morgan fingerprint density at radius 3 is 2.50 bits per heavy atom. The number of rotatable bonds is 3. The summed E-state index contributed by atoms with van der Waals surface area (Å²) in [4.78, 5) is 40.7. The number of nitrogens with zero attached hydrogens (tertiary/aromatic N) is 2. The van der Waals surface area contributed by atoms with Crippen molar-refractivity contribution in [2.24, 2.45) is 5.92 Å². The Bertz CT molecular complexity index is 786. The number of carboxylic acids is 1. The molecule has 2 saturated heterocycles. The molecule has 1 saturated carbocycles. The Balaban J connectivity index is 1.60. The zero-order chi connectivity index (χ0) is 19.9. The van der Waals surface area contributed by atoms with Gasteiger partial charge in [-0.2, -0.15) is 0 Å². The zero-order valence-electron chi connectivity index (χ0n) is 15.7. The van der Waals surface area contributed by atoms with E-state index in [4.69, 9.17) is 5.11 Å². The lowest BCUT2D eigenvalue weighted by Crippen LogP contribution is -2.51. The quantitative estimate of drug-likeness (QED) is 0.863. The van der Waals surface area contributed by atoms with Crippen LogP contribution in [0.5, 0.6) is 0 Å². The fraction of sp³-hybridized carbons (Fsp3) is 0.571. The van der Waals surface area contributed by atoms with E-state index in [0.717, 1.165) is 25.7 Å². The number of hydrogen-bond donors (Lipinski definition) is 1. The van der Waals surface area contributed by atoms with Crippen molar-refractivity contribution in [3.8, 4) is 0 Å². The van der Waals surface area contributed by atoms with E-state index in [1.54, 1.807) is 29.2 Å². The molecule has 3 fully saturated rings. The lowest BCUT2D eigenvalue weighted by Gasteiger charge is -2.34. The minimum Gasteiger partial charge on any atom is -0.479 e. The predicted octanol–water partition coefficient (Wildman–Crippen LogP) is 2.49. The van der Waals surface area contributed by atoms with Gasteiger partial charge in [-0.25, -0.2) is 9.18 Å². The van der Waals surface area contributed by atoms with Gasteiger partial charge in [-0.3, -0.25) is 9.59 Å². The number of amides is 2. The number of benzene rings is 1. The Labute approximate surface area is 163 Å². The summed E-state index contributed by atoms with van der Waals surface area (Å²) in [6.45, 7) is -0.374. The van der Waals surface area contributed by atoms with Crippen molar-refractivity contribution in [2.45, 2.75) is 56.3 Å². The molecule has 150 valence electrons. The molecule has 2 heterocycles. The van der Waals surface area contributed by atoms with Crippen LogP contribution >= 0.6 is 0 Å². The van der Waals surface area contributed by atoms with Crippen LogP contribution in [0, 0.1) is 5.92 Å². The van der Waals surface area contributed by atoms with E-state index in [0.29, 0.717) is 12.0 Å². The Morgan fingerprint density at radius 1 is 1.11 bits per heavy atom. The largest absolute Gasteiger partial charge is 0.479 e. The van der Waals surface area contributed by atoms with Crippen LogP contribution in [0.15, 0.2) is 30.3 Å². The summed E-state index contributed by atoms with van der Waals surface area (Å²) in [6, 6.07) is 8.29. The van der Waals surface area contributed by atoms with Crippen LogP contribution in [0.1, 0.15) is 48.9 Å². The number of carbonyl (C=O) groups is 3. The van der Waals surface area contributed by atoms with Crippen molar-refractivity contribution >= 4 is 17.8 Å². The van der Waals surface area contributed by atoms with Crippen LogP contribution in [0.2, 0.25) is 0 Å². The first-order chi connectivity index (χ1) is 13.4. The first-order valence-corrected chi connectivity index (χ1v) is 9.99. The van der Waals surface area contributed by atoms with Gasteiger partial charge in [0.15, 0.2) is 0 Å². The van der Waals surface area contributed by atoms with Crippen LogP contribution in [0.3, 0.4) is 0 Å². The second kappa shape index (κ2) is 7.18. The van der Waals surface area contributed by atoms with Crippen LogP contribution < -0.4 is 0 Å². The first-order valence-electron chi connectivity index (χ1n) is 9.99. The predicted molar refractivity (Wildman–Crippen MR) is 99.4 cm³/mol. The second-order valence-corrected chi connectivity index (χ2v) is 8.22. The molecule has 1 aromatic rings. The molecule has 7 heteroatoms. The molecule has 3 aliphatic rings. The number of fused-ring (bicyclic) bond motifs is 1. The van der Waals surface area contributed by atoms with E-state index in [2.05, 4.69) is 0 Å². The average Bonchev–Trinajstić information content (AvgIpc) is 3.29. The van der Waals surface area contributed by atoms with Crippen molar-refractivity contribution in [3.63, 3.8) is 0 Å². The molecular weight excluding hydrogens is 363 g/mol. The van der Waals surface area contributed by atoms with Crippen molar-refractivity contribution in [1.82, 2.24) is 9.80 Å². The van der Waals surface area contributed by atoms with Crippen molar-refractivity contribution in [2.75, 3.05) is 13.1 Å². The molecule has 2 aliphatic heterocycles. The van der Waals surface area contributed by atoms with Gasteiger partial charge >= 0.3 is 5.97 Å². The molecule has 4 atom stereocenters. The normalized spacial score (nSPS) is 32.2. The summed E-state index contributed by atoms with van der Waals surface area (Å²) in [7, 11) is 0. The van der Waals surface area contributed by atoms with Gasteiger partial charge in [0.25, 0.3) is 5.91 Å². The van der Waals surface area contributed by atoms with Gasteiger partial charge in [0.2, 0.25) is 11.6 Å². The number of aliphatic carboxylic acids is 1. The number of carboxylic acid groups (broad SMARTS) is 1. The maximum absolute atomic E-state index is 14.5. The molecule has 4 rings (SSSR count). The third-order valence-electron chi connectivity index (χ3n) is 6.54. The van der Waals surface area contributed by atoms with Crippen LogP contribution in [-0.4, -0.2) is 63.5 Å². The smallest absolute Gasteiger partial charge is 0.343 e. The molecule has 1 N–H and O–H groups in total. The van der Waals surface area contributed by atoms with Crippen LogP contribution in [-0.2, 0) is 9.59 Å². The van der Waals surface area contributed by atoms with E-state index < -0.39 is 24.2 Å². The molecule has 0 aromatic heterocycles. The number of likely N-dealkylation sites (tertiary alicyclic amines) is 2. The number of carbonyl (C=O) groups excluding carboxylic acids is 2. The first kappa shape index (κ1) is 18.9. The fourth-order valence-corrected chi connectivity index (χ4v) is 5.05. The van der Waals surface area contributed by atoms with Crippen LogP contribution in [0.4, 0.5) is 4.39 Å². The zero-order valence-corrected chi connectivity index (χ0v) is 15.7. The summed E-state index contributed by atoms with van der Waals surface area (Å²) >= 11 is 0. The molecule has 4 unspecified atom stereocenters. The highest BCUT2D eigenvalue weighted by Crippen LogP contribution is 2.41. The fourth-order valence-electron chi connectivity index (χ4n) is 5.05. The summed E-state index contributed by atoms with van der Waals surface area (Å²) in [5.74, 6) is -1.75. The van der Waals surface area contributed by atoms with E-state index >= 15 is 0 Å². The van der Waals surface area contributed by atoms with Gasteiger partial charge < -0.3 is 14.9 Å². The van der Waals surface area contributed by atoms with Gasteiger partial charge in [-0.1, -0.05) is 31.0 Å². The Morgan fingerprint density at radius 2 is 1.82 bits per heavy atom. The highest BCUT2D eigenvalue weighted by atomic mass is 19.1. The van der Waals surface area contributed by atoms with E-state index in [-0.39, 0.29) is 36.7 Å². The van der Waals surface area contributed by atoms with Gasteiger partial charge in [0.1, 0.15) is 6.04 Å². The van der Waals surface area contributed by atoms with Gasteiger partial charge in [0, 0.05) is 24.6 Å². The minimum atomic E-state index is -2.39. The minimum absolute atomic E-state index is 0.0209. The Hall–Kier alpha value is -2.44. The summed E-state index contributed by atoms with van der Waals surface area (Å²) in [6.07, 6.45) is 4.33. The molecule has 0 bridgehead atoms. The third kappa shape index (κ3) is 3.16. The topological polar surface area (TPSA) is 77.9 Å². The van der Waals surface area contributed by atoms with Crippen molar-refractivity contribution < 1.29 is 23.9 Å². The van der Waals surface area contributed by atoms with Crippen molar-refractivity contribution in [1.29, 1.82) is 0 Å². The maximum Gasteiger partial charge on any atom is 0.343 e. The number of hydrogen-bond acceptors (Lipinski definition) is 3. The molecule has 6 nitrogen and oxygen atoms in total. The highest BCUT2D eigenvalue weighted by Gasteiger charge is 2.52. The van der Waals surface area contributed by atoms with Crippen LogP contribution in [0.25, 0.3) is 0 Å². The molecule has 28 heavy (non-hydrogen) atoms. The van der Waals surface area contributed by atoms with E-state index in [1.165, 1.54) is 4.90 Å². The van der Waals surface area contributed by atoms with E-state index in [1.807, 2.05) is 6.07 Å². The highest BCUT2D eigenvalue weighted by molar-refractivity contribution is 5.98. The molecule has 0 radical (unpaired) electrons.